The van der Waals surface area contributed by atoms with Gasteiger partial charge in [-0.3, -0.25) is 0 Å². The highest BCUT2D eigenvalue weighted by molar-refractivity contribution is 6.00. The fourth-order valence-corrected chi connectivity index (χ4v) is 8.15. The van der Waals surface area contributed by atoms with Crippen molar-refractivity contribution in [1.82, 2.24) is 15.0 Å². The molecule has 0 N–H and O–H groups in total. The smallest absolute Gasteiger partial charge is 0.164 e. The average Bonchev–Trinajstić information content (AvgIpc) is 3.64. The van der Waals surface area contributed by atoms with Crippen LogP contribution in [0.1, 0.15) is 22.8 Å². The van der Waals surface area contributed by atoms with Crippen molar-refractivity contribution in [3.63, 3.8) is 0 Å². The topological polar surface area (TPSA) is 51.8 Å². The van der Waals surface area contributed by atoms with Crippen LogP contribution in [-0.2, 0) is 6.42 Å². The second kappa shape index (κ2) is 12.8. The number of rotatable bonds is 5. The summed E-state index contributed by atoms with van der Waals surface area (Å²) in [7, 11) is 0. The number of aromatic nitrogens is 3. The maximum atomic E-state index is 6.63. The molecule has 10 aromatic rings. The summed E-state index contributed by atoms with van der Waals surface area (Å²) in [5.74, 6) is 3.08. The van der Waals surface area contributed by atoms with Gasteiger partial charge in [-0.1, -0.05) is 164 Å². The van der Waals surface area contributed by atoms with Crippen LogP contribution in [0.5, 0.6) is 0 Å². The molecule has 0 radical (unpaired) electrons. The Hall–Kier alpha value is -7.17. The molecule has 0 bridgehead atoms. The highest BCUT2D eigenvalue weighted by atomic mass is 16.3. The first kappa shape index (κ1) is 31.4. The van der Waals surface area contributed by atoms with E-state index in [-0.39, 0.29) is 5.92 Å². The third kappa shape index (κ3) is 5.58. The van der Waals surface area contributed by atoms with E-state index in [2.05, 4.69) is 170 Å². The van der Waals surface area contributed by atoms with Crippen LogP contribution in [0.3, 0.4) is 0 Å². The lowest BCUT2D eigenvalue weighted by Crippen LogP contribution is -2.04. The first-order valence-electron chi connectivity index (χ1n) is 18.8. The minimum Gasteiger partial charge on any atom is -0.460 e. The molecular formula is C51H33N3O. The van der Waals surface area contributed by atoms with E-state index in [1.807, 2.05) is 12.1 Å². The van der Waals surface area contributed by atoms with E-state index < -0.39 is 0 Å². The van der Waals surface area contributed by atoms with Crippen LogP contribution in [0.2, 0.25) is 0 Å². The van der Waals surface area contributed by atoms with Crippen molar-refractivity contribution < 1.29 is 4.42 Å². The second-order valence-corrected chi connectivity index (χ2v) is 14.4. The van der Waals surface area contributed by atoms with E-state index in [1.54, 1.807) is 0 Å². The minimum absolute atomic E-state index is 0.224. The molecule has 0 saturated carbocycles. The predicted octanol–water partition coefficient (Wildman–Crippen LogP) is 13.1. The van der Waals surface area contributed by atoms with Crippen LogP contribution < -0.4 is 0 Å². The van der Waals surface area contributed by atoms with Gasteiger partial charge in [0.1, 0.15) is 11.3 Å². The molecule has 55 heavy (non-hydrogen) atoms. The van der Waals surface area contributed by atoms with Gasteiger partial charge in [-0.25, -0.2) is 15.0 Å². The maximum Gasteiger partial charge on any atom is 0.164 e. The SMILES string of the molecule is C1=CC(c2ccc3ccccc3c2)Cc2oc3cccc(-c4nc(-c5ccc(-c6ccc7ccccc7c6)cc5)nc(-c5ccc6ccccc6c5)n4)c3c21. The zero-order chi connectivity index (χ0) is 36.3. The van der Waals surface area contributed by atoms with Crippen LogP contribution in [-0.4, -0.2) is 15.0 Å². The van der Waals surface area contributed by atoms with Crippen molar-refractivity contribution in [1.29, 1.82) is 0 Å². The molecule has 4 heteroatoms. The van der Waals surface area contributed by atoms with Crippen molar-refractivity contribution in [2.45, 2.75) is 12.3 Å². The van der Waals surface area contributed by atoms with Gasteiger partial charge < -0.3 is 4.42 Å². The summed E-state index contributed by atoms with van der Waals surface area (Å²) in [5.41, 5.74) is 8.32. The predicted molar refractivity (Wildman–Crippen MR) is 226 cm³/mol. The van der Waals surface area contributed by atoms with Gasteiger partial charge in [0, 0.05) is 40.0 Å². The van der Waals surface area contributed by atoms with Gasteiger partial charge in [0.2, 0.25) is 0 Å². The summed E-state index contributed by atoms with van der Waals surface area (Å²) < 4.78 is 6.63. The van der Waals surface area contributed by atoms with E-state index in [9.17, 15) is 0 Å². The molecule has 0 amide bonds. The lowest BCUT2D eigenvalue weighted by Gasteiger charge is -2.17. The first-order chi connectivity index (χ1) is 27.2. The van der Waals surface area contributed by atoms with Crippen LogP contribution in [0.4, 0.5) is 0 Å². The maximum absolute atomic E-state index is 6.63. The van der Waals surface area contributed by atoms with Gasteiger partial charge in [0.25, 0.3) is 0 Å². The van der Waals surface area contributed by atoms with Crippen molar-refractivity contribution in [2.75, 3.05) is 0 Å². The van der Waals surface area contributed by atoms with Gasteiger partial charge in [0.15, 0.2) is 17.5 Å². The van der Waals surface area contributed by atoms with E-state index in [4.69, 9.17) is 19.4 Å². The molecule has 8 aromatic carbocycles. The van der Waals surface area contributed by atoms with Gasteiger partial charge in [-0.15, -0.1) is 0 Å². The van der Waals surface area contributed by atoms with Crippen LogP contribution in [0.25, 0.3) is 94.7 Å². The number of allylic oxidation sites excluding steroid dienone is 1. The Morgan fingerprint density at radius 3 is 1.69 bits per heavy atom. The Morgan fingerprint density at radius 1 is 0.436 bits per heavy atom. The third-order valence-electron chi connectivity index (χ3n) is 11.0. The summed E-state index contributed by atoms with van der Waals surface area (Å²) in [6, 6.07) is 59.9. The standard InChI is InChI=1S/C51H33N3O/c1-4-11-37-28-40(23-18-32(37)8-1)35-16-21-36(22-17-35)49-52-50(43-25-20-34-10-3-6-13-39(34)30-43)54-51(53-49)45-14-7-15-46-48(45)44-27-26-42(31-47(44)55-46)41-24-19-33-9-2-5-12-38(33)29-41/h1-30,42H,31H2. The molecule has 1 atom stereocenters. The number of furan rings is 1. The second-order valence-electron chi connectivity index (χ2n) is 14.4. The Bertz CT molecular complexity index is 3140. The quantitative estimate of drug-likeness (QED) is 0.179. The van der Waals surface area contributed by atoms with Gasteiger partial charge in [-0.05, 0) is 67.2 Å². The van der Waals surface area contributed by atoms with E-state index in [0.29, 0.717) is 17.5 Å². The van der Waals surface area contributed by atoms with E-state index >= 15 is 0 Å². The molecule has 0 saturated heterocycles. The molecule has 1 unspecified atom stereocenters. The van der Waals surface area contributed by atoms with E-state index in [0.717, 1.165) is 56.4 Å². The highest BCUT2D eigenvalue weighted by Gasteiger charge is 2.25. The highest BCUT2D eigenvalue weighted by Crippen LogP contribution is 2.41. The molecule has 2 aromatic heterocycles. The summed E-state index contributed by atoms with van der Waals surface area (Å²) in [6.45, 7) is 0. The van der Waals surface area contributed by atoms with Crippen LogP contribution in [0.15, 0.2) is 180 Å². The fraction of sp³-hybridized carbons (Fsp3) is 0.0392. The van der Waals surface area contributed by atoms with Crippen molar-refractivity contribution in [2.24, 2.45) is 0 Å². The Kier molecular flexibility index (Phi) is 7.27. The van der Waals surface area contributed by atoms with Gasteiger partial charge >= 0.3 is 0 Å². The molecule has 11 rings (SSSR count). The Labute approximate surface area is 318 Å². The number of hydrogen-bond donors (Lipinski definition) is 0. The Morgan fingerprint density at radius 2 is 0.982 bits per heavy atom. The zero-order valence-electron chi connectivity index (χ0n) is 29.9. The van der Waals surface area contributed by atoms with Crippen molar-refractivity contribution >= 4 is 49.4 Å². The largest absolute Gasteiger partial charge is 0.460 e. The van der Waals surface area contributed by atoms with E-state index in [1.165, 1.54) is 38.1 Å². The van der Waals surface area contributed by atoms with Gasteiger partial charge in [0.05, 0.1) is 0 Å². The molecule has 0 aliphatic heterocycles. The van der Waals surface area contributed by atoms with Crippen molar-refractivity contribution in [3.8, 4) is 45.3 Å². The normalized spacial score (nSPS) is 13.9. The lowest BCUT2D eigenvalue weighted by atomic mass is 9.87. The fourth-order valence-electron chi connectivity index (χ4n) is 8.15. The Balaban J connectivity index is 1.02. The number of nitrogens with zero attached hydrogens (tertiary/aromatic N) is 3. The van der Waals surface area contributed by atoms with Crippen molar-refractivity contribution in [3.05, 3.63) is 193 Å². The molecular weight excluding hydrogens is 671 g/mol. The third-order valence-corrected chi connectivity index (χ3v) is 11.0. The summed E-state index contributed by atoms with van der Waals surface area (Å²) in [4.78, 5) is 15.5. The van der Waals surface area contributed by atoms with Crippen LogP contribution in [0, 0.1) is 0 Å². The molecule has 1 aliphatic rings. The molecule has 0 spiro atoms. The lowest BCUT2D eigenvalue weighted by molar-refractivity contribution is 0.533. The zero-order valence-corrected chi connectivity index (χ0v) is 29.9. The minimum atomic E-state index is 0.224. The summed E-state index contributed by atoms with van der Waals surface area (Å²) >= 11 is 0. The average molecular weight is 704 g/mol. The number of benzene rings is 8. The molecule has 1 aliphatic carbocycles. The monoisotopic (exact) mass is 703 g/mol. The number of fused-ring (bicyclic) bond motifs is 6. The summed E-state index contributed by atoms with van der Waals surface area (Å²) in [5, 5.41) is 8.30. The first-order valence-corrected chi connectivity index (χ1v) is 18.8. The summed E-state index contributed by atoms with van der Waals surface area (Å²) in [6.07, 6.45) is 5.33. The molecule has 258 valence electrons. The van der Waals surface area contributed by atoms with Gasteiger partial charge in [-0.2, -0.15) is 0 Å². The molecule has 4 nitrogen and oxygen atoms in total. The molecule has 0 fully saturated rings. The number of hydrogen-bond acceptors (Lipinski definition) is 4. The molecule has 2 heterocycles. The van der Waals surface area contributed by atoms with Crippen LogP contribution >= 0.6 is 0 Å².